The lowest BCUT2D eigenvalue weighted by Crippen LogP contribution is -2.40. The summed E-state index contributed by atoms with van der Waals surface area (Å²) in [4.78, 5) is 90.2. The first kappa shape index (κ1) is 74.2. The van der Waals surface area contributed by atoms with Gasteiger partial charge in [-0.1, -0.05) is 139 Å². The predicted octanol–water partition coefficient (Wildman–Crippen LogP) is 14.6. The molecule has 16 rings (SSSR count). The van der Waals surface area contributed by atoms with Crippen LogP contribution in [0.15, 0.2) is 182 Å². The Hall–Kier alpha value is -9.69. The maximum Gasteiger partial charge on any atom is 0.255 e. The maximum atomic E-state index is 13.2. The van der Waals surface area contributed by atoms with Crippen molar-refractivity contribution in [1.82, 2.24) is 24.5 Å². The second-order valence-corrected chi connectivity index (χ2v) is 29.9. The van der Waals surface area contributed by atoms with E-state index in [1.54, 1.807) is 14.7 Å². The number of ether oxygens (including phenoxy) is 6. The van der Waals surface area contributed by atoms with Crippen molar-refractivity contribution in [3.05, 3.63) is 254 Å². The van der Waals surface area contributed by atoms with E-state index in [1.165, 1.54) is 11.1 Å². The van der Waals surface area contributed by atoms with Gasteiger partial charge >= 0.3 is 0 Å². The van der Waals surface area contributed by atoms with Crippen LogP contribution in [0.5, 0.6) is 23.0 Å². The molecule has 0 unspecified atom stereocenters. The number of ketones is 3. The summed E-state index contributed by atoms with van der Waals surface area (Å²) < 4.78 is 35.2. The zero-order valence-corrected chi connectivity index (χ0v) is 61.8. The minimum Gasteiger partial charge on any atom is -0.490 e. The van der Waals surface area contributed by atoms with Crippen molar-refractivity contribution in [2.45, 2.75) is 154 Å². The van der Waals surface area contributed by atoms with Crippen LogP contribution in [0.2, 0.25) is 5.02 Å². The third-order valence-electron chi connectivity index (χ3n) is 22.0. The van der Waals surface area contributed by atoms with E-state index < -0.39 is 0 Å². The molecule has 7 aromatic rings. The molecule has 0 bridgehead atoms. The van der Waals surface area contributed by atoms with Crippen molar-refractivity contribution >= 4 is 52.4 Å². The molecule has 3 saturated carbocycles. The average molecular weight is 1460 g/mol. The summed E-state index contributed by atoms with van der Waals surface area (Å²) in [5, 5.41) is 0.727. The van der Waals surface area contributed by atoms with Gasteiger partial charge in [-0.15, -0.1) is 0 Å². The summed E-state index contributed by atoms with van der Waals surface area (Å²) in [5.74, 6) is 3.08. The predicted molar refractivity (Wildman–Crippen MR) is 411 cm³/mol. The molecule has 107 heavy (non-hydrogen) atoms. The van der Waals surface area contributed by atoms with Crippen LogP contribution >= 0.6 is 11.6 Å². The average Bonchev–Trinajstić information content (AvgIpc) is 1.65. The molecule has 9 aliphatic rings. The molecule has 18 nitrogen and oxygen atoms in total. The number of halogens is 1. The van der Waals surface area contributed by atoms with E-state index in [0.717, 1.165) is 195 Å². The third kappa shape index (κ3) is 17.8. The van der Waals surface area contributed by atoms with Crippen molar-refractivity contribution in [3.8, 4) is 23.0 Å². The van der Waals surface area contributed by atoms with Gasteiger partial charge in [-0.05, 0) is 146 Å². The van der Waals surface area contributed by atoms with Crippen LogP contribution in [0.25, 0.3) is 0 Å². The highest BCUT2D eigenvalue weighted by Gasteiger charge is 2.42. The van der Waals surface area contributed by atoms with Gasteiger partial charge in [-0.2, -0.15) is 0 Å². The number of Topliss-reactive ketones (excluding diaryl/α,β-unsaturated/α-hetero) is 3. The van der Waals surface area contributed by atoms with Gasteiger partial charge in [0.2, 0.25) is 0 Å². The summed E-state index contributed by atoms with van der Waals surface area (Å²) in [6.07, 6.45) is 8.37. The quantitative estimate of drug-likeness (QED) is 0.0585. The smallest absolute Gasteiger partial charge is 0.255 e. The molecule has 3 atom stereocenters. The Labute approximate surface area is 632 Å². The Bertz CT molecular complexity index is 4490. The lowest BCUT2D eigenvalue weighted by atomic mass is 10.1. The number of amides is 3. The minimum atomic E-state index is -0.389. The number of hydrogen-bond donors (Lipinski definition) is 0. The van der Waals surface area contributed by atoms with Crippen molar-refractivity contribution < 1.29 is 57.2 Å². The first-order chi connectivity index (χ1) is 52.1. The fraction of sp³-hybridized carbons (Fsp3) is 0.386. The molecule has 5 fully saturated rings. The molecule has 0 radical (unpaired) electrons. The second kappa shape index (κ2) is 34.5. The Balaban J connectivity index is 0.000000135. The summed E-state index contributed by atoms with van der Waals surface area (Å²) in [6, 6.07) is 46.8. The van der Waals surface area contributed by atoms with Gasteiger partial charge in [0.1, 0.15) is 49.4 Å². The van der Waals surface area contributed by atoms with Crippen molar-refractivity contribution in [3.63, 3.8) is 0 Å². The number of allylic oxidation sites excluding steroid dienone is 3. The fourth-order valence-corrected chi connectivity index (χ4v) is 16.3. The SMILES string of the molecule is C=C1CCC[C@H](N2Cc3c(OCc4ccc(CN5CCOCC5)c(Cl)c4)cccc3C2=O)C(=O)C1.C=C1CCC[C@H](N2Cc3c(OCc4ccc(CN5CCOCC5)cc4)cccc3C2=O)C(=O)C1.C=C1CCC[C@H](N2Cc3c(OCc4ccc(CN5CCOc6ccccc65)cc4)cccc3C2=O)C(=O)C1. The first-order valence-electron chi connectivity index (χ1n) is 37.9. The number of nitrogens with zero attached hydrogens (tertiary/aromatic N) is 6. The summed E-state index contributed by atoms with van der Waals surface area (Å²) in [5.41, 5.74) is 15.2. The van der Waals surface area contributed by atoms with E-state index in [9.17, 15) is 28.8 Å². The van der Waals surface area contributed by atoms with Gasteiger partial charge < -0.3 is 48.0 Å². The fourth-order valence-electron chi connectivity index (χ4n) is 16.0. The molecule has 2 saturated heterocycles. The van der Waals surface area contributed by atoms with Crippen molar-refractivity contribution in [2.24, 2.45) is 0 Å². The Kier molecular flexibility index (Phi) is 23.9. The zero-order chi connectivity index (χ0) is 73.9. The van der Waals surface area contributed by atoms with Crippen LogP contribution in [-0.4, -0.2) is 143 Å². The highest BCUT2D eigenvalue weighted by atomic mass is 35.5. The molecule has 19 heteroatoms. The molecule has 0 aromatic heterocycles. The Morgan fingerprint density at radius 3 is 1.24 bits per heavy atom. The number of carbonyl (C=O) groups excluding carboxylic acids is 6. The van der Waals surface area contributed by atoms with Crippen LogP contribution in [0, 0.1) is 0 Å². The number of para-hydroxylation sites is 2. The first-order valence-corrected chi connectivity index (χ1v) is 38.3. The molecular formula is C88H95ClN6O12. The van der Waals surface area contributed by atoms with E-state index in [-0.39, 0.29) is 53.2 Å². The van der Waals surface area contributed by atoms with Gasteiger partial charge in [0.05, 0.1) is 76.4 Å². The lowest BCUT2D eigenvalue weighted by Gasteiger charge is -2.31. The number of rotatable bonds is 18. The number of morpholine rings is 2. The third-order valence-corrected chi connectivity index (χ3v) is 22.3. The zero-order valence-electron chi connectivity index (χ0n) is 61.1. The van der Waals surface area contributed by atoms with Crippen molar-refractivity contribution in [1.29, 1.82) is 0 Å². The van der Waals surface area contributed by atoms with E-state index in [2.05, 4.69) is 95.1 Å². The monoisotopic (exact) mass is 1460 g/mol. The highest BCUT2D eigenvalue weighted by Crippen LogP contribution is 2.40. The van der Waals surface area contributed by atoms with Gasteiger partial charge in [0.25, 0.3) is 17.7 Å². The molecule has 3 amide bonds. The molecule has 556 valence electrons. The largest absolute Gasteiger partial charge is 0.490 e. The minimum absolute atomic E-state index is 0.0706. The summed E-state index contributed by atoms with van der Waals surface area (Å²) in [6.45, 7) is 25.4. The van der Waals surface area contributed by atoms with Gasteiger partial charge in [-0.3, -0.25) is 38.6 Å². The molecule has 0 spiro atoms. The maximum absolute atomic E-state index is 13.2. The van der Waals surface area contributed by atoms with Gasteiger partial charge in [-0.25, -0.2) is 0 Å². The number of anilines is 1. The molecule has 0 N–H and O–H groups in total. The van der Waals surface area contributed by atoms with Gasteiger partial charge in [0.15, 0.2) is 17.3 Å². The topological polar surface area (TPSA) is 177 Å². The summed E-state index contributed by atoms with van der Waals surface area (Å²) in [7, 11) is 0. The number of carbonyl (C=O) groups is 6. The summed E-state index contributed by atoms with van der Waals surface area (Å²) >= 11 is 6.58. The number of benzene rings is 7. The van der Waals surface area contributed by atoms with Crippen LogP contribution < -0.4 is 23.8 Å². The van der Waals surface area contributed by atoms with E-state index in [0.29, 0.717) is 113 Å². The molecule has 6 heterocycles. The lowest BCUT2D eigenvalue weighted by molar-refractivity contribution is -0.123. The molecular weight excluding hydrogens is 1370 g/mol. The number of hydrogen-bond acceptors (Lipinski definition) is 15. The highest BCUT2D eigenvalue weighted by molar-refractivity contribution is 6.31. The normalized spacial score (nSPS) is 20.5. The number of fused-ring (bicyclic) bond motifs is 4. The molecule has 3 aliphatic carbocycles. The van der Waals surface area contributed by atoms with Crippen LogP contribution in [-0.2, 0) is 82.9 Å². The van der Waals surface area contributed by atoms with E-state index >= 15 is 0 Å². The van der Waals surface area contributed by atoms with Crippen LogP contribution in [0.4, 0.5) is 5.69 Å². The molecule has 7 aromatic carbocycles. The molecule has 6 aliphatic heterocycles. The van der Waals surface area contributed by atoms with E-state index in [4.69, 9.17) is 40.0 Å². The van der Waals surface area contributed by atoms with Crippen molar-refractivity contribution in [2.75, 3.05) is 70.7 Å². The van der Waals surface area contributed by atoms with Crippen LogP contribution in [0.3, 0.4) is 0 Å². The second-order valence-electron chi connectivity index (χ2n) is 29.5. The standard InChI is InChI=1S/C32H32N2O4.C28H31ClN2O4.C28H32N2O4/c1-22-6-4-9-27(29(35)18-22)34-20-26-25(32(34)36)7-5-11-30(26)38-21-24-14-12-23(13-15-24)19-33-16-17-37-31-10-3-2-8-28(31)33;1-19-4-2-6-25(26(32)14-19)31-17-23-22(28(31)33)5-3-7-27(23)35-18-20-8-9-21(24(29)15-20)16-30-10-12-34-13-11-30;1-20-4-2-6-25(26(31)16-20)30-18-24-23(28(30)32)5-3-7-27(24)34-19-22-10-8-21(9-11-22)17-29-12-14-33-15-13-29/h2-3,5,7-8,10-15,27H,1,4,6,9,16-21H2;3,5,7-9,15,25H,1-2,4,6,10-14,16-18H2;3,5,7-11,25H,1-2,4,6,12-19H2/t27-;2*25-/m000/s1. The Morgan fingerprint density at radius 2 is 0.804 bits per heavy atom. The Morgan fingerprint density at radius 1 is 0.411 bits per heavy atom. The van der Waals surface area contributed by atoms with E-state index in [1.807, 2.05) is 84.9 Å². The van der Waals surface area contributed by atoms with Crippen LogP contribution in [0.1, 0.15) is 158 Å². The van der Waals surface area contributed by atoms with Gasteiger partial charge in [0, 0.05) is 103 Å².